The van der Waals surface area contributed by atoms with Gasteiger partial charge in [0.25, 0.3) is 5.91 Å². The first-order valence-corrected chi connectivity index (χ1v) is 5.62. The van der Waals surface area contributed by atoms with Crippen molar-refractivity contribution in [3.05, 3.63) is 39.8 Å². The van der Waals surface area contributed by atoms with Gasteiger partial charge in [0, 0.05) is 18.0 Å². The van der Waals surface area contributed by atoms with Gasteiger partial charge in [0.1, 0.15) is 5.75 Å². The summed E-state index contributed by atoms with van der Waals surface area (Å²) in [4.78, 5) is 14.6. The van der Waals surface area contributed by atoms with Crippen LogP contribution < -0.4 is 10.1 Å². The molecule has 0 fully saturated rings. The molecular weight excluding hydrogens is 232 g/mol. The van der Waals surface area contributed by atoms with Gasteiger partial charge in [-0.25, -0.2) is 0 Å². The molecule has 6 heteroatoms. The number of ether oxygens (including phenoxy) is 1. The van der Waals surface area contributed by atoms with E-state index < -0.39 is 0 Å². The quantitative estimate of drug-likeness (QED) is 0.362. The Labute approximate surface area is 106 Å². The maximum Gasteiger partial charge on any atom is 0.255 e. The van der Waals surface area contributed by atoms with E-state index in [2.05, 4.69) is 15.3 Å². The number of benzene rings is 1. The molecule has 0 unspecified atom stereocenters. The van der Waals surface area contributed by atoms with Crippen LogP contribution in [0.5, 0.6) is 5.75 Å². The monoisotopic (exact) mass is 248 g/mol. The molecule has 0 aromatic heterocycles. The second kappa shape index (κ2) is 7.19. The van der Waals surface area contributed by atoms with Gasteiger partial charge in [-0.1, -0.05) is 16.7 Å². The fourth-order valence-corrected chi connectivity index (χ4v) is 1.49. The molecule has 1 aromatic rings. The van der Waals surface area contributed by atoms with Crippen molar-refractivity contribution < 1.29 is 9.53 Å². The minimum atomic E-state index is -0.184. The topological polar surface area (TPSA) is 87.1 Å². The Morgan fingerprint density at radius 3 is 3.00 bits per heavy atom. The van der Waals surface area contributed by atoms with E-state index in [1.54, 1.807) is 12.1 Å². The zero-order chi connectivity index (χ0) is 13.4. The number of nitrogens with zero attached hydrogens (tertiary/aromatic N) is 3. The van der Waals surface area contributed by atoms with Crippen LogP contribution in [-0.4, -0.2) is 26.1 Å². The third-order valence-electron chi connectivity index (χ3n) is 2.38. The highest BCUT2D eigenvalue weighted by atomic mass is 16.5. The van der Waals surface area contributed by atoms with E-state index in [1.165, 1.54) is 7.11 Å². The number of aryl methyl sites for hydroxylation is 1. The molecule has 0 bridgehead atoms. The Hall–Kier alpha value is -2.20. The van der Waals surface area contributed by atoms with Crippen molar-refractivity contribution in [2.24, 2.45) is 5.11 Å². The van der Waals surface area contributed by atoms with Crippen LogP contribution in [0.3, 0.4) is 0 Å². The van der Waals surface area contributed by atoms with Crippen LogP contribution in [-0.2, 0) is 0 Å². The second-order valence-electron chi connectivity index (χ2n) is 3.77. The third-order valence-corrected chi connectivity index (χ3v) is 2.38. The lowest BCUT2D eigenvalue weighted by atomic mass is 10.1. The molecule has 0 aliphatic heterocycles. The highest BCUT2D eigenvalue weighted by Crippen LogP contribution is 2.19. The van der Waals surface area contributed by atoms with Crippen LogP contribution in [0.25, 0.3) is 10.4 Å². The van der Waals surface area contributed by atoms with Crippen molar-refractivity contribution in [3.8, 4) is 5.75 Å². The molecule has 0 saturated carbocycles. The van der Waals surface area contributed by atoms with E-state index in [9.17, 15) is 4.79 Å². The zero-order valence-electron chi connectivity index (χ0n) is 10.5. The second-order valence-corrected chi connectivity index (χ2v) is 3.77. The summed E-state index contributed by atoms with van der Waals surface area (Å²) in [6.07, 6.45) is 0.615. The van der Waals surface area contributed by atoms with E-state index >= 15 is 0 Å². The lowest BCUT2D eigenvalue weighted by Gasteiger charge is -2.09. The Morgan fingerprint density at radius 2 is 2.33 bits per heavy atom. The fraction of sp³-hybridized carbons (Fsp3) is 0.417. The zero-order valence-corrected chi connectivity index (χ0v) is 10.5. The first-order chi connectivity index (χ1) is 8.69. The maximum absolute atomic E-state index is 11.9. The Morgan fingerprint density at radius 1 is 1.56 bits per heavy atom. The molecule has 96 valence electrons. The summed E-state index contributed by atoms with van der Waals surface area (Å²) in [5.74, 6) is 0.365. The SMILES string of the molecule is COc1ccc(C)cc1C(=O)NCCCN=[N+]=[N-]. The summed E-state index contributed by atoms with van der Waals surface area (Å²) in [7, 11) is 1.53. The van der Waals surface area contributed by atoms with Crippen LogP contribution in [0, 0.1) is 6.92 Å². The number of amides is 1. The van der Waals surface area contributed by atoms with Gasteiger partial charge in [0.05, 0.1) is 12.7 Å². The van der Waals surface area contributed by atoms with Crippen molar-refractivity contribution in [2.45, 2.75) is 13.3 Å². The molecule has 1 aromatic carbocycles. The van der Waals surface area contributed by atoms with Crippen molar-refractivity contribution >= 4 is 5.91 Å². The van der Waals surface area contributed by atoms with Gasteiger partial charge in [-0.3, -0.25) is 4.79 Å². The Balaban J connectivity index is 2.60. The number of rotatable bonds is 6. The maximum atomic E-state index is 11.9. The van der Waals surface area contributed by atoms with Crippen LogP contribution >= 0.6 is 0 Å². The van der Waals surface area contributed by atoms with E-state index in [0.29, 0.717) is 30.8 Å². The van der Waals surface area contributed by atoms with Crippen molar-refractivity contribution in [2.75, 3.05) is 20.2 Å². The third kappa shape index (κ3) is 3.99. The molecule has 0 radical (unpaired) electrons. The predicted molar refractivity (Wildman–Crippen MR) is 68.7 cm³/mol. The van der Waals surface area contributed by atoms with E-state index in [0.717, 1.165) is 5.56 Å². The molecule has 0 heterocycles. The number of methoxy groups -OCH3 is 1. The smallest absolute Gasteiger partial charge is 0.255 e. The van der Waals surface area contributed by atoms with Gasteiger partial charge in [0.15, 0.2) is 0 Å². The van der Waals surface area contributed by atoms with Crippen LogP contribution in [0.1, 0.15) is 22.3 Å². The normalized spacial score (nSPS) is 9.44. The van der Waals surface area contributed by atoms with Crippen molar-refractivity contribution in [1.29, 1.82) is 0 Å². The highest BCUT2D eigenvalue weighted by Gasteiger charge is 2.11. The first kappa shape index (κ1) is 13.9. The number of nitrogens with one attached hydrogen (secondary N) is 1. The molecule has 0 atom stereocenters. The lowest BCUT2D eigenvalue weighted by Crippen LogP contribution is -2.25. The van der Waals surface area contributed by atoms with Gasteiger partial charge in [-0.2, -0.15) is 0 Å². The molecule has 1 rings (SSSR count). The lowest BCUT2D eigenvalue weighted by molar-refractivity contribution is 0.0950. The molecule has 0 spiro atoms. The van der Waals surface area contributed by atoms with E-state index in [1.807, 2.05) is 13.0 Å². The number of carbonyl (C=O) groups excluding carboxylic acids is 1. The largest absolute Gasteiger partial charge is 0.496 e. The van der Waals surface area contributed by atoms with Gasteiger partial charge in [-0.05, 0) is 31.0 Å². The summed E-state index contributed by atoms with van der Waals surface area (Å²) < 4.78 is 5.14. The summed E-state index contributed by atoms with van der Waals surface area (Å²) in [6.45, 7) is 2.76. The van der Waals surface area contributed by atoms with Gasteiger partial charge in [0.2, 0.25) is 0 Å². The standard InChI is InChI=1S/C12H16N4O2/c1-9-4-5-11(18-2)10(8-9)12(17)14-6-3-7-15-16-13/h4-5,8H,3,6-7H2,1-2H3,(H,14,17). The number of hydrogen-bond acceptors (Lipinski definition) is 3. The van der Waals surface area contributed by atoms with Crippen molar-refractivity contribution in [3.63, 3.8) is 0 Å². The molecule has 0 aliphatic carbocycles. The number of azide groups is 1. The van der Waals surface area contributed by atoms with Crippen molar-refractivity contribution in [1.82, 2.24) is 5.32 Å². The van der Waals surface area contributed by atoms with Crippen LogP contribution in [0.2, 0.25) is 0 Å². The average molecular weight is 248 g/mol. The van der Waals surface area contributed by atoms with E-state index in [4.69, 9.17) is 10.3 Å². The molecule has 1 amide bonds. The van der Waals surface area contributed by atoms with Crippen LogP contribution in [0.15, 0.2) is 23.3 Å². The fourth-order valence-electron chi connectivity index (χ4n) is 1.49. The Bertz CT molecular complexity index is 467. The molecule has 0 aliphatic rings. The van der Waals surface area contributed by atoms with E-state index in [-0.39, 0.29) is 5.91 Å². The predicted octanol–water partition coefficient (Wildman–Crippen LogP) is 2.43. The summed E-state index contributed by atoms with van der Waals surface area (Å²) in [6, 6.07) is 5.43. The van der Waals surface area contributed by atoms with Gasteiger partial charge in [-0.15, -0.1) is 0 Å². The minimum Gasteiger partial charge on any atom is -0.496 e. The average Bonchev–Trinajstić information content (AvgIpc) is 2.38. The molecule has 6 nitrogen and oxygen atoms in total. The Kier molecular flexibility index (Phi) is 5.54. The molecule has 18 heavy (non-hydrogen) atoms. The number of carbonyl (C=O) groups is 1. The summed E-state index contributed by atoms with van der Waals surface area (Å²) in [5.41, 5.74) is 9.62. The summed E-state index contributed by atoms with van der Waals surface area (Å²) >= 11 is 0. The molecule has 1 N–H and O–H groups in total. The first-order valence-electron chi connectivity index (χ1n) is 5.62. The van der Waals surface area contributed by atoms with Gasteiger partial charge < -0.3 is 10.1 Å². The minimum absolute atomic E-state index is 0.184. The van der Waals surface area contributed by atoms with Gasteiger partial charge >= 0.3 is 0 Å². The summed E-state index contributed by atoms with van der Waals surface area (Å²) in [5, 5.41) is 6.15. The number of hydrogen-bond donors (Lipinski definition) is 1. The molecular formula is C12H16N4O2. The van der Waals surface area contributed by atoms with Crippen LogP contribution in [0.4, 0.5) is 0 Å². The molecule has 0 saturated heterocycles. The highest BCUT2D eigenvalue weighted by molar-refractivity contribution is 5.97.